The van der Waals surface area contributed by atoms with Crippen LogP contribution in [0.2, 0.25) is 0 Å². The van der Waals surface area contributed by atoms with Crippen molar-refractivity contribution in [2.45, 2.75) is 0 Å². The Morgan fingerprint density at radius 2 is 2.21 bits per heavy atom. The van der Waals surface area contributed by atoms with Crippen LogP contribution in [0.25, 0.3) is 5.88 Å². The lowest BCUT2D eigenvalue weighted by atomic mass is 10.4. The molecule has 0 aromatic carbocycles. The highest BCUT2D eigenvalue weighted by Crippen LogP contribution is 2.11. The minimum absolute atomic E-state index is 0.00227. The van der Waals surface area contributed by atoms with Gasteiger partial charge in [-0.2, -0.15) is 0 Å². The predicted molar refractivity (Wildman–Crippen MR) is 46.1 cm³/mol. The molecule has 2 heterocycles. The molecule has 5 heteroatoms. The van der Waals surface area contributed by atoms with Gasteiger partial charge in [-0.15, -0.1) is 0 Å². The molecule has 0 aromatic rings. The highest BCUT2D eigenvalue weighted by atomic mass is 16.4. The maximum Gasteiger partial charge on any atom is 0.356 e. The quantitative estimate of drug-likeness (QED) is 0.751. The number of rotatable bonds is 1. The largest absolute Gasteiger partial charge is 0.476 e. The van der Waals surface area contributed by atoms with E-state index in [1.165, 1.54) is 17.1 Å². The van der Waals surface area contributed by atoms with Gasteiger partial charge in [0.05, 0.1) is 6.26 Å². The molecule has 2 rings (SSSR count). The van der Waals surface area contributed by atoms with Gasteiger partial charge in [0.15, 0.2) is 12.0 Å². The van der Waals surface area contributed by atoms with E-state index in [1.807, 2.05) is 0 Å². The van der Waals surface area contributed by atoms with Crippen LogP contribution in [0.3, 0.4) is 0 Å². The molecule has 0 unspecified atom stereocenters. The van der Waals surface area contributed by atoms with E-state index in [-0.39, 0.29) is 5.69 Å². The van der Waals surface area contributed by atoms with Crippen LogP contribution in [-0.2, 0) is 0 Å². The summed E-state index contributed by atoms with van der Waals surface area (Å²) in [5.74, 6) is -0.763. The summed E-state index contributed by atoms with van der Waals surface area (Å²) in [5.41, 5.74) is 0.00227. The number of aromatic carboxylic acids is 1. The van der Waals surface area contributed by atoms with Gasteiger partial charge in [-0.1, -0.05) is 0 Å². The Labute approximate surface area is 78.8 Å². The first-order valence-electron chi connectivity index (χ1n) is 3.87. The Morgan fingerprint density at radius 1 is 1.36 bits per heavy atom. The fourth-order valence-corrected chi connectivity index (χ4v) is 1.07. The molecule has 5 nitrogen and oxygen atoms in total. The number of carboxylic acids is 1. The van der Waals surface area contributed by atoms with Crippen molar-refractivity contribution in [1.82, 2.24) is 4.57 Å². The molecular weight excluding hydrogens is 186 g/mol. The van der Waals surface area contributed by atoms with Crippen LogP contribution in [0.5, 0.6) is 0 Å². The number of carboxylic acid groups (broad SMARTS) is 1. The minimum atomic E-state index is -1.08. The number of nitrogens with zero attached hydrogens (tertiary/aromatic N) is 1. The second-order valence-corrected chi connectivity index (χ2v) is 2.56. The van der Waals surface area contributed by atoms with Crippen molar-refractivity contribution >= 4 is 5.97 Å². The average molecular weight is 193 g/mol. The van der Waals surface area contributed by atoms with Crippen molar-refractivity contribution in [2.24, 2.45) is 0 Å². The number of fused-ring (bicyclic) bond motifs is 1. The van der Waals surface area contributed by atoms with Crippen molar-refractivity contribution in [2.75, 3.05) is 0 Å². The summed E-state index contributed by atoms with van der Waals surface area (Å²) < 4.78 is 11.3. The second-order valence-electron chi connectivity index (χ2n) is 2.56. The first-order valence-corrected chi connectivity index (χ1v) is 3.87. The molecule has 72 valence electrons. The molecule has 2 aliphatic heterocycles. The summed E-state index contributed by atoms with van der Waals surface area (Å²) in [6, 6.07) is 3.32. The third-order valence-electron chi connectivity index (χ3n) is 1.68. The maximum atomic E-state index is 10.8. The zero-order valence-electron chi connectivity index (χ0n) is 7.08. The SMILES string of the molecule is O=C(O)c1cocc2occccn1-2. The standard InChI is InChI=1S/C9H7NO4/c11-9(12)7-5-13-6-8-10(7)3-1-2-4-14-8/h1-6H,(H,11,12). The molecule has 0 atom stereocenters. The highest BCUT2D eigenvalue weighted by Gasteiger charge is 2.12. The molecule has 0 saturated heterocycles. The minimum Gasteiger partial charge on any atom is -0.476 e. The Balaban J connectivity index is 2.76. The first-order chi connectivity index (χ1) is 6.79. The van der Waals surface area contributed by atoms with E-state index in [0.29, 0.717) is 5.88 Å². The Morgan fingerprint density at radius 3 is 3.00 bits per heavy atom. The first kappa shape index (κ1) is 8.43. The van der Waals surface area contributed by atoms with Gasteiger partial charge in [-0.05, 0) is 12.1 Å². The molecule has 0 saturated carbocycles. The van der Waals surface area contributed by atoms with E-state index in [4.69, 9.17) is 13.9 Å². The van der Waals surface area contributed by atoms with E-state index in [2.05, 4.69) is 0 Å². The topological polar surface area (TPSA) is 68.5 Å². The van der Waals surface area contributed by atoms with E-state index in [9.17, 15) is 4.79 Å². The van der Waals surface area contributed by atoms with Crippen LogP contribution < -0.4 is 0 Å². The van der Waals surface area contributed by atoms with Gasteiger partial charge in [0.1, 0.15) is 6.26 Å². The zero-order chi connectivity index (χ0) is 9.97. The smallest absolute Gasteiger partial charge is 0.356 e. The third-order valence-corrected chi connectivity index (χ3v) is 1.68. The number of hydrogen-bond acceptors (Lipinski definition) is 3. The molecule has 1 N–H and O–H groups in total. The van der Waals surface area contributed by atoms with Gasteiger partial charge in [0.2, 0.25) is 5.88 Å². The molecule has 0 amide bonds. The summed E-state index contributed by atoms with van der Waals surface area (Å²) >= 11 is 0. The van der Waals surface area contributed by atoms with Crippen LogP contribution >= 0.6 is 0 Å². The lowest BCUT2D eigenvalue weighted by molar-refractivity contribution is 0.0682. The van der Waals surface area contributed by atoms with E-state index in [0.717, 1.165) is 6.26 Å². The predicted octanol–water partition coefficient (Wildman–Crippen LogP) is 1.92. The van der Waals surface area contributed by atoms with Crippen molar-refractivity contribution in [1.29, 1.82) is 0 Å². The fraction of sp³-hybridized carbons (Fsp3) is 0. The normalized spacial score (nSPS) is 10.0. The van der Waals surface area contributed by atoms with Crippen molar-refractivity contribution in [3.8, 4) is 5.88 Å². The molecule has 0 aromatic heterocycles. The van der Waals surface area contributed by atoms with Gasteiger partial charge in [0, 0.05) is 6.20 Å². The lowest BCUT2D eigenvalue weighted by Crippen LogP contribution is -2.08. The molecule has 0 aliphatic carbocycles. The molecule has 0 bridgehead atoms. The monoisotopic (exact) mass is 193 g/mol. The zero-order valence-corrected chi connectivity index (χ0v) is 7.08. The van der Waals surface area contributed by atoms with Crippen LogP contribution in [0.4, 0.5) is 0 Å². The van der Waals surface area contributed by atoms with Crippen LogP contribution in [0.1, 0.15) is 10.5 Å². The maximum absolute atomic E-state index is 10.8. The summed E-state index contributed by atoms with van der Waals surface area (Å²) in [6.07, 6.45) is 5.49. The molecule has 2 aliphatic rings. The molecular formula is C9H7NO4. The lowest BCUT2D eigenvalue weighted by Gasteiger charge is -2.06. The van der Waals surface area contributed by atoms with Gasteiger partial charge in [0.25, 0.3) is 0 Å². The molecule has 0 fully saturated rings. The Kier molecular flexibility index (Phi) is 1.98. The molecule has 0 spiro atoms. The van der Waals surface area contributed by atoms with E-state index < -0.39 is 5.97 Å². The number of carbonyl (C=O) groups is 1. The van der Waals surface area contributed by atoms with Gasteiger partial charge in [-0.3, -0.25) is 4.57 Å². The summed E-state index contributed by atoms with van der Waals surface area (Å²) in [7, 11) is 0. The second kappa shape index (κ2) is 3.29. The summed E-state index contributed by atoms with van der Waals surface area (Å²) in [5, 5.41) is 8.84. The van der Waals surface area contributed by atoms with E-state index >= 15 is 0 Å². The third kappa shape index (κ3) is 1.35. The van der Waals surface area contributed by atoms with Gasteiger partial charge < -0.3 is 13.9 Å². The fourth-order valence-electron chi connectivity index (χ4n) is 1.07. The van der Waals surface area contributed by atoms with Crippen molar-refractivity contribution in [3.63, 3.8) is 0 Å². The van der Waals surface area contributed by atoms with Gasteiger partial charge >= 0.3 is 5.97 Å². The van der Waals surface area contributed by atoms with Gasteiger partial charge in [-0.25, -0.2) is 4.79 Å². The molecule has 0 radical (unpaired) electrons. The van der Waals surface area contributed by atoms with Crippen LogP contribution in [0.15, 0.2) is 46.0 Å². The summed E-state index contributed by atoms with van der Waals surface area (Å²) in [4.78, 5) is 10.8. The Bertz CT molecular complexity index is 463. The average Bonchev–Trinajstić information content (AvgIpc) is 2.41. The van der Waals surface area contributed by atoms with E-state index in [1.54, 1.807) is 18.3 Å². The highest BCUT2D eigenvalue weighted by molar-refractivity contribution is 5.85. The van der Waals surface area contributed by atoms with Crippen molar-refractivity contribution < 1.29 is 18.7 Å². The van der Waals surface area contributed by atoms with Crippen molar-refractivity contribution in [3.05, 3.63) is 42.8 Å². The van der Waals surface area contributed by atoms with Crippen LogP contribution in [-0.4, -0.2) is 15.6 Å². The Hall–Kier alpha value is -2.17. The molecule has 14 heavy (non-hydrogen) atoms. The van der Waals surface area contributed by atoms with Crippen LogP contribution in [0, 0.1) is 0 Å². The summed E-state index contributed by atoms with van der Waals surface area (Å²) in [6.45, 7) is 0. The number of hydrogen-bond donors (Lipinski definition) is 1. The number of aromatic nitrogens is 1.